The zero-order valence-corrected chi connectivity index (χ0v) is 24.2. The number of halogens is 1. The van der Waals surface area contributed by atoms with E-state index >= 15 is 0 Å². The van der Waals surface area contributed by atoms with Gasteiger partial charge in [-0.3, -0.25) is 4.79 Å². The normalized spacial score (nSPS) is 11.8. The molecular formula is C30H30BrN3O6. The van der Waals surface area contributed by atoms with Crippen LogP contribution in [0.5, 0.6) is 11.5 Å². The summed E-state index contributed by atoms with van der Waals surface area (Å²) in [5, 5.41) is 3.99. The lowest BCUT2D eigenvalue weighted by Gasteiger charge is -2.14. The second-order valence-electron chi connectivity index (χ2n) is 8.90. The molecule has 0 spiro atoms. The van der Waals surface area contributed by atoms with E-state index in [9.17, 15) is 9.59 Å². The highest BCUT2D eigenvalue weighted by molar-refractivity contribution is 9.10. The molecule has 0 radical (unpaired) electrons. The van der Waals surface area contributed by atoms with Crippen molar-refractivity contribution in [2.45, 2.75) is 40.4 Å². The van der Waals surface area contributed by atoms with Crippen LogP contribution >= 0.6 is 15.9 Å². The minimum absolute atomic E-state index is 0.113. The summed E-state index contributed by atoms with van der Waals surface area (Å²) >= 11 is 3.42. The van der Waals surface area contributed by atoms with Gasteiger partial charge in [0, 0.05) is 17.1 Å². The van der Waals surface area contributed by atoms with Crippen molar-refractivity contribution in [1.82, 2.24) is 9.99 Å². The van der Waals surface area contributed by atoms with Gasteiger partial charge in [-0.2, -0.15) is 5.10 Å². The van der Waals surface area contributed by atoms with Crippen molar-refractivity contribution >= 4 is 34.0 Å². The smallest absolute Gasteiger partial charge is 0.347 e. The minimum atomic E-state index is -0.747. The zero-order valence-electron chi connectivity index (χ0n) is 22.6. The maximum absolute atomic E-state index is 12.5. The monoisotopic (exact) mass is 607 g/mol. The van der Waals surface area contributed by atoms with Crippen LogP contribution < -0.4 is 14.9 Å². The molecule has 1 N–H and O–H groups in total. The molecule has 0 aliphatic heterocycles. The molecule has 4 rings (SSSR count). The predicted octanol–water partition coefficient (Wildman–Crippen LogP) is 6.12. The first-order chi connectivity index (χ1) is 19.2. The molecule has 2 aromatic carbocycles. The van der Waals surface area contributed by atoms with Crippen molar-refractivity contribution in [3.05, 3.63) is 99.7 Å². The topological polar surface area (TPSA) is 104 Å². The number of nitrogens with zero attached hydrogens (tertiary/aromatic N) is 2. The number of hydrazone groups is 1. The molecule has 9 nitrogen and oxygen atoms in total. The lowest BCUT2D eigenvalue weighted by molar-refractivity contribution is -0.150. The van der Waals surface area contributed by atoms with Crippen LogP contribution in [0.25, 0.3) is 5.69 Å². The van der Waals surface area contributed by atoms with Gasteiger partial charge in [-0.15, -0.1) is 0 Å². The Balaban J connectivity index is 1.27. The maximum atomic E-state index is 12.5. The quantitative estimate of drug-likeness (QED) is 0.125. The summed E-state index contributed by atoms with van der Waals surface area (Å²) in [6.45, 7) is 7.94. The lowest BCUT2D eigenvalue weighted by Crippen LogP contribution is -2.26. The molecule has 0 fully saturated rings. The number of carbonyl (C=O) groups is 2. The second kappa shape index (κ2) is 13.2. The molecular weight excluding hydrogens is 578 g/mol. The first-order valence-electron chi connectivity index (χ1n) is 12.7. The van der Waals surface area contributed by atoms with Crippen LogP contribution in [-0.4, -0.2) is 35.4 Å². The van der Waals surface area contributed by atoms with Crippen molar-refractivity contribution in [1.29, 1.82) is 0 Å². The standard InChI is InChI=1S/C30H30BrN3O6/c1-5-37-30(36)21(4)39-27-14-8-22(16-26(27)31)17-32-33-29(35)28-15-13-25(40-28)18-38-24-11-9-23(10-12-24)34-19(2)6-7-20(34)3/h6-17,21H,5,18H2,1-4H3,(H,33,35)/b32-17+/t21-/m0/s1. The molecule has 208 valence electrons. The van der Waals surface area contributed by atoms with E-state index in [0.717, 1.165) is 17.1 Å². The molecule has 10 heteroatoms. The van der Waals surface area contributed by atoms with Gasteiger partial charge in [0.05, 0.1) is 17.3 Å². The van der Waals surface area contributed by atoms with Gasteiger partial charge in [-0.05, 0) is 116 Å². The van der Waals surface area contributed by atoms with Crippen LogP contribution in [0.4, 0.5) is 0 Å². The van der Waals surface area contributed by atoms with E-state index in [1.165, 1.54) is 6.21 Å². The molecule has 0 bridgehead atoms. The summed E-state index contributed by atoms with van der Waals surface area (Å²) in [7, 11) is 0. The second-order valence-corrected chi connectivity index (χ2v) is 9.76. The molecule has 0 saturated carbocycles. The van der Waals surface area contributed by atoms with E-state index in [2.05, 4.69) is 57.0 Å². The number of esters is 1. The Morgan fingerprint density at radius 3 is 2.45 bits per heavy atom. The number of benzene rings is 2. The summed E-state index contributed by atoms with van der Waals surface area (Å²) in [6.07, 6.45) is 0.733. The summed E-state index contributed by atoms with van der Waals surface area (Å²) in [4.78, 5) is 24.2. The van der Waals surface area contributed by atoms with Crippen LogP contribution in [-0.2, 0) is 16.1 Å². The summed E-state index contributed by atoms with van der Waals surface area (Å²) in [5.41, 5.74) is 6.53. The predicted molar refractivity (Wildman–Crippen MR) is 154 cm³/mol. The molecule has 0 aliphatic rings. The first-order valence-corrected chi connectivity index (χ1v) is 13.5. The largest absolute Gasteiger partial charge is 0.486 e. The van der Waals surface area contributed by atoms with E-state index in [4.69, 9.17) is 18.6 Å². The number of ether oxygens (including phenoxy) is 3. The number of nitrogens with one attached hydrogen (secondary N) is 1. The SMILES string of the molecule is CCOC(=O)[C@H](C)Oc1ccc(/C=N/NC(=O)c2ccc(COc3ccc(-n4c(C)ccc4C)cc3)o2)cc1Br. The van der Waals surface area contributed by atoms with Crippen LogP contribution in [0.15, 0.2) is 80.7 Å². The lowest BCUT2D eigenvalue weighted by atomic mass is 10.2. The number of hydrogen-bond donors (Lipinski definition) is 1. The molecule has 0 aliphatic carbocycles. The molecule has 1 atom stereocenters. The van der Waals surface area contributed by atoms with Crippen LogP contribution in [0.2, 0.25) is 0 Å². The zero-order chi connectivity index (χ0) is 28.6. The minimum Gasteiger partial charge on any atom is -0.486 e. The van der Waals surface area contributed by atoms with Gasteiger partial charge in [0.25, 0.3) is 0 Å². The number of aryl methyl sites for hydroxylation is 2. The van der Waals surface area contributed by atoms with E-state index < -0.39 is 18.0 Å². The van der Waals surface area contributed by atoms with Gasteiger partial charge in [0.15, 0.2) is 11.9 Å². The van der Waals surface area contributed by atoms with Crippen molar-refractivity contribution < 1.29 is 28.2 Å². The Bertz CT molecular complexity index is 1490. The third-order valence-electron chi connectivity index (χ3n) is 5.89. The average molecular weight is 608 g/mol. The van der Waals surface area contributed by atoms with Gasteiger partial charge in [0.2, 0.25) is 0 Å². The summed E-state index contributed by atoms with van der Waals surface area (Å²) in [5.74, 6) is 0.856. The van der Waals surface area contributed by atoms with Crippen LogP contribution in [0.1, 0.15) is 47.1 Å². The van der Waals surface area contributed by atoms with Crippen LogP contribution in [0.3, 0.4) is 0 Å². The molecule has 0 saturated heterocycles. The molecule has 0 unspecified atom stereocenters. The average Bonchev–Trinajstić information content (AvgIpc) is 3.55. The number of amides is 1. The van der Waals surface area contributed by atoms with Crippen molar-refractivity contribution in [3.8, 4) is 17.2 Å². The Morgan fingerprint density at radius 1 is 1.05 bits per heavy atom. The number of carbonyl (C=O) groups excluding carboxylic acids is 2. The highest BCUT2D eigenvalue weighted by atomic mass is 79.9. The number of hydrogen-bond acceptors (Lipinski definition) is 7. The Hall–Kier alpha value is -4.31. The fourth-order valence-electron chi connectivity index (χ4n) is 3.91. The van der Waals surface area contributed by atoms with Crippen molar-refractivity contribution in [2.75, 3.05) is 6.61 Å². The van der Waals surface area contributed by atoms with Gasteiger partial charge in [-0.25, -0.2) is 10.2 Å². The van der Waals surface area contributed by atoms with E-state index in [-0.39, 0.29) is 19.0 Å². The highest BCUT2D eigenvalue weighted by Crippen LogP contribution is 2.27. The van der Waals surface area contributed by atoms with Gasteiger partial charge in [-0.1, -0.05) is 0 Å². The summed E-state index contributed by atoms with van der Waals surface area (Å²) < 4.78 is 24.8. The van der Waals surface area contributed by atoms with E-state index in [1.807, 2.05) is 24.3 Å². The molecule has 4 aromatic rings. The number of rotatable bonds is 11. The van der Waals surface area contributed by atoms with E-state index in [1.54, 1.807) is 44.2 Å². The third kappa shape index (κ3) is 7.20. The number of furan rings is 1. The molecule has 40 heavy (non-hydrogen) atoms. The van der Waals surface area contributed by atoms with Gasteiger partial charge >= 0.3 is 11.9 Å². The fourth-order valence-corrected chi connectivity index (χ4v) is 4.40. The number of aromatic nitrogens is 1. The Labute approximate surface area is 240 Å². The van der Waals surface area contributed by atoms with Gasteiger partial charge in [0.1, 0.15) is 23.9 Å². The van der Waals surface area contributed by atoms with Crippen molar-refractivity contribution in [2.24, 2.45) is 5.10 Å². The molecule has 1 amide bonds. The Kier molecular flexibility index (Phi) is 9.44. The molecule has 2 aromatic heterocycles. The maximum Gasteiger partial charge on any atom is 0.347 e. The molecule has 2 heterocycles. The van der Waals surface area contributed by atoms with E-state index in [0.29, 0.717) is 27.3 Å². The highest BCUT2D eigenvalue weighted by Gasteiger charge is 2.17. The first kappa shape index (κ1) is 28.7. The third-order valence-corrected chi connectivity index (χ3v) is 6.51. The summed E-state index contributed by atoms with van der Waals surface area (Å²) in [6, 6.07) is 20.4. The Morgan fingerprint density at radius 2 is 1.77 bits per heavy atom. The fraction of sp³-hybridized carbons (Fsp3) is 0.233. The van der Waals surface area contributed by atoms with Crippen LogP contribution in [0, 0.1) is 13.8 Å². The van der Waals surface area contributed by atoms with Crippen molar-refractivity contribution in [3.63, 3.8) is 0 Å². The van der Waals surface area contributed by atoms with Gasteiger partial charge < -0.3 is 23.2 Å².